The highest BCUT2D eigenvalue weighted by molar-refractivity contribution is 14.1. The van der Waals surface area contributed by atoms with Crippen LogP contribution < -0.4 is 4.72 Å². The van der Waals surface area contributed by atoms with Crippen molar-refractivity contribution in [3.63, 3.8) is 0 Å². The smallest absolute Gasteiger partial charge is 0.261 e. The number of rotatable bonds is 3. The second-order valence-corrected chi connectivity index (χ2v) is 6.62. The number of sulfonamides is 1. The molecule has 2 aromatic rings. The van der Waals surface area contributed by atoms with Crippen LogP contribution in [0.5, 0.6) is 0 Å². The third-order valence-corrected chi connectivity index (χ3v) is 4.40. The lowest BCUT2D eigenvalue weighted by Gasteiger charge is -2.08. The van der Waals surface area contributed by atoms with Gasteiger partial charge in [0.15, 0.2) is 11.6 Å². The van der Waals surface area contributed by atoms with E-state index in [-0.39, 0.29) is 4.90 Å². The zero-order valence-corrected chi connectivity index (χ0v) is 12.4. The average molecular weight is 395 g/mol. The van der Waals surface area contributed by atoms with Gasteiger partial charge in [0.2, 0.25) is 0 Å². The molecule has 0 heterocycles. The molecule has 0 aliphatic rings. The van der Waals surface area contributed by atoms with Crippen molar-refractivity contribution in [2.45, 2.75) is 4.90 Å². The maximum atomic E-state index is 13.0. The molecule has 0 unspecified atom stereocenters. The molecule has 100 valence electrons. The summed E-state index contributed by atoms with van der Waals surface area (Å²) in [5.41, 5.74) is 0.352. The van der Waals surface area contributed by atoms with Crippen molar-refractivity contribution in [3.05, 3.63) is 57.7 Å². The van der Waals surface area contributed by atoms with Gasteiger partial charge < -0.3 is 0 Å². The Morgan fingerprint density at radius 2 is 1.58 bits per heavy atom. The Morgan fingerprint density at radius 3 is 2.16 bits per heavy atom. The van der Waals surface area contributed by atoms with Gasteiger partial charge in [-0.2, -0.15) is 0 Å². The second-order valence-electron chi connectivity index (χ2n) is 3.69. The minimum atomic E-state index is -3.92. The molecule has 0 radical (unpaired) electrons. The van der Waals surface area contributed by atoms with Crippen LogP contribution in [0.25, 0.3) is 0 Å². The molecule has 0 spiro atoms. The van der Waals surface area contributed by atoms with Crippen molar-refractivity contribution in [1.29, 1.82) is 0 Å². The monoisotopic (exact) mass is 395 g/mol. The largest absolute Gasteiger partial charge is 0.280 e. The van der Waals surface area contributed by atoms with Crippen molar-refractivity contribution in [1.82, 2.24) is 0 Å². The summed E-state index contributed by atoms with van der Waals surface area (Å²) in [6.45, 7) is 0. The zero-order valence-electron chi connectivity index (χ0n) is 9.40. The molecule has 0 saturated carbocycles. The highest BCUT2D eigenvalue weighted by Crippen LogP contribution is 2.19. The number of halogens is 3. The third kappa shape index (κ3) is 3.41. The van der Waals surface area contributed by atoms with Crippen molar-refractivity contribution in [2.75, 3.05) is 4.72 Å². The van der Waals surface area contributed by atoms with Gasteiger partial charge in [-0.15, -0.1) is 0 Å². The molecular formula is C12H8F2INO2S. The van der Waals surface area contributed by atoms with Gasteiger partial charge >= 0.3 is 0 Å². The highest BCUT2D eigenvalue weighted by Gasteiger charge is 2.16. The number of benzene rings is 2. The molecular weight excluding hydrogens is 387 g/mol. The molecule has 0 aliphatic carbocycles. The van der Waals surface area contributed by atoms with Gasteiger partial charge in [-0.1, -0.05) is 0 Å². The van der Waals surface area contributed by atoms with E-state index < -0.39 is 21.7 Å². The molecule has 0 atom stereocenters. The lowest BCUT2D eigenvalue weighted by Crippen LogP contribution is -2.13. The van der Waals surface area contributed by atoms with Gasteiger partial charge in [-0.05, 0) is 65.1 Å². The Morgan fingerprint density at radius 1 is 0.947 bits per heavy atom. The molecule has 0 saturated heterocycles. The van der Waals surface area contributed by atoms with Gasteiger partial charge in [-0.3, -0.25) is 4.72 Å². The average Bonchev–Trinajstić information content (AvgIpc) is 2.35. The summed E-state index contributed by atoms with van der Waals surface area (Å²) in [6.07, 6.45) is 0. The molecule has 2 rings (SSSR count). The molecule has 19 heavy (non-hydrogen) atoms. The summed E-state index contributed by atoms with van der Waals surface area (Å²) in [4.78, 5) is -0.329. The molecule has 0 aromatic heterocycles. The molecule has 0 bridgehead atoms. The first-order valence-electron chi connectivity index (χ1n) is 5.12. The first-order valence-corrected chi connectivity index (χ1v) is 7.68. The van der Waals surface area contributed by atoms with Crippen LogP contribution in [0.3, 0.4) is 0 Å². The normalized spacial score (nSPS) is 11.3. The number of anilines is 1. The molecule has 0 fully saturated rings. The Hall–Kier alpha value is -1.22. The van der Waals surface area contributed by atoms with Gasteiger partial charge in [-0.25, -0.2) is 17.2 Å². The Bertz CT molecular complexity index is 702. The van der Waals surface area contributed by atoms with Crippen LogP contribution >= 0.6 is 22.6 Å². The predicted molar refractivity (Wildman–Crippen MR) is 76.3 cm³/mol. The summed E-state index contributed by atoms with van der Waals surface area (Å²) in [5.74, 6) is -2.29. The minimum absolute atomic E-state index is 0.329. The Kier molecular flexibility index (Phi) is 4.04. The van der Waals surface area contributed by atoms with Crippen LogP contribution in [0.15, 0.2) is 47.4 Å². The van der Waals surface area contributed by atoms with Crippen LogP contribution in [-0.4, -0.2) is 8.42 Å². The fourth-order valence-electron chi connectivity index (χ4n) is 1.38. The van der Waals surface area contributed by atoms with Gasteiger partial charge in [0.25, 0.3) is 10.0 Å². The van der Waals surface area contributed by atoms with Crippen LogP contribution in [-0.2, 0) is 10.0 Å². The topological polar surface area (TPSA) is 46.2 Å². The number of hydrogen-bond acceptors (Lipinski definition) is 2. The van der Waals surface area contributed by atoms with Crippen LogP contribution in [0.1, 0.15) is 0 Å². The second kappa shape index (κ2) is 5.41. The SMILES string of the molecule is O=S(=O)(Nc1ccc(I)cc1)c1ccc(F)c(F)c1. The molecule has 3 nitrogen and oxygen atoms in total. The van der Waals surface area contributed by atoms with E-state index in [0.29, 0.717) is 11.8 Å². The number of nitrogens with one attached hydrogen (secondary N) is 1. The first-order chi connectivity index (χ1) is 8.88. The van der Waals surface area contributed by atoms with Crippen molar-refractivity contribution < 1.29 is 17.2 Å². The summed E-state index contributed by atoms with van der Waals surface area (Å²) in [6, 6.07) is 9.04. The predicted octanol–water partition coefficient (Wildman–Crippen LogP) is 3.37. The van der Waals surface area contributed by atoms with Crippen molar-refractivity contribution in [3.8, 4) is 0 Å². The van der Waals surface area contributed by atoms with E-state index in [1.165, 1.54) is 0 Å². The Balaban J connectivity index is 2.32. The van der Waals surface area contributed by atoms with Crippen molar-refractivity contribution >= 4 is 38.3 Å². The van der Waals surface area contributed by atoms with E-state index in [2.05, 4.69) is 27.3 Å². The quantitative estimate of drug-likeness (QED) is 0.811. The van der Waals surface area contributed by atoms with Crippen LogP contribution in [0.2, 0.25) is 0 Å². The summed E-state index contributed by atoms with van der Waals surface area (Å²) in [5, 5.41) is 0. The number of hydrogen-bond donors (Lipinski definition) is 1. The first kappa shape index (κ1) is 14.2. The fraction of sp³-hybridized carbons (Fsp3) is 0. The Labute approximate surface area is 122 Å². The van der Waals surface area contributed by atoms with E-state index in [1.54, 1.807) is 24.3 Å². The third-order valence-electron chi connectivity index (χ3n) is 2.30. The summed E-state index contributed by atoms with van der Waals surface area (Å²) >= 11 is 2.08. The molecule has 0 amide bonds. The summed E-state index contributed by atoms with van der Waals surface area (Å²) in [7, 11) is -3.92. The lowest BCUT2D eigenvalue weighted by molar-refractivity contribution is 0.504. The molecule has 1 N–H and O–H groups in total. The van der Waals surface area contributed by atoms with E-state index in [4.69, 9.17) is 0 Å². The van der Waals surface area contributed by atoms with Crippen molar-refractivity contribution in [2.24, 2.45) is 0 Å². The summed E-state index contributed by atoms with van der Waals surface area (Å²) < 4.78 is 52.9. The van der Waals surface area contributed by atoms with Gasteiger partial charge in [0.05, 0.1) is 4.90 Å². The lowest BCUT2D eigenvalue weighted by atomic mass is 10.3. The maximum absolute atomic E-state index is 13.0. The minimum Gasteiger partial charge on any atom is -0.280 e. The zero-order chi connectivity index (χ0) is 14.0. The standard InChI is InChI=1S/C12H8F2INO2S/c13-11-6-5-10(7-12(11)14)19(17,18)16-9-3-1-8(15)2-4-9/h1-7,16H. The van der Waals surface area contributed by atoms with Gasteiger partial charge in [0.1, 0.15) is 0 Å². The van der Waals surface area contributed by atoms with E-state index in [0.717, 1.165) is 15.7 Å². The van der Waals surface area contributed by atoms with Crippen LogP contribution in [0.4, 0.5) is 14.5 Å². The highest BCUT2D eigenvalue weighted by atomic mass is 127. The van der Waals surface area contributed by atoms with E-state index in [1.807, 2.05) is 0 Å². The molecule has 0 aliphatic heterocycles. The van der Waals surface area contributed by atoms with E-state index in [9.17, 15) is 17.2 Å². The van der Waals surface area contributed by atoms with E-state index >= 15 is 0 Å². The molecule has 7 heteroatoms. The fourth-order valence-corrected chi connectivity index (χ4v) is 2.81. The molecule has 2 aromatic carbocycles. The van der Waals surface area contributed by atoms with Crippen LogP contribution in [0, 0.1) is 15.2 Å². The maximum Gasteiger partial charge on any atom is 0.261 e. The van der Waals surface area contributed by atoms with Gasteiger partial charge in [0, 0.05) is 9.26 Å².